The lowest BCUT2D eigenvalue weighted by molar-refractivity contribution is 0.411. The molecular weight excluding hydrogens is 174 g/mol. The number of ether oxygens (including phenoxy) is 1. The van der Waals surface area contributed by atoms with Gasteiger partial charge >= 0.3 is 0 Å². The number of methoxy groups -OCH3 is 1. The van der Waals surface area contributed by atoms with Crippen molar-refractivity contribution in [2.45, 2.75) is 26.3 Å². The molecule has 0 heterocycles. The average Bonchev–Trinajstić information content (AvgIpc) is 2.17. The zero-order chi connectivity index (χ0) is 10.8. The Kier molecular flexibility index (Phi) is 2.81. The maximum atomic E-state index is 7.11. The van der Waals surface area contributed by atoms with Gasteiger partial charge in [0, 0.05) is 19.4 Å². The van der Waals surface area contributed by atoms with Gasteiger partial charge in [0.25, 0.3) is 5.54 Å². The van der Waals surface area contributed by atoms with E-state index in [1.165, 1.54) is 0 Å². The van der Waals surface area contributed by atoms with E-state index in [1.807, 2.05) is 39.0 Å². The van der Waals surface area contributed by atoms with Gasteiger partial charge in [-0.25, -0.2) is 6.57 Å². The molecule has 0 aromatic heterocycles. The normalized spacial score (nSPS) is 10.8. The maximum absolute atomic E-state index is 7.11. The highest BCUT2D eigenvalue weighted by molar-refractivity contribution is 5.39. The highest BCUT2D eigenvalue weighted by Gasteiger charge is 2.26. The van der Waals surface area contributed by atoms with E-state index in [9.17, 15) is 0 Å². The lowest BCUT2D eigenvalue weighted by Gasteiger charge is -2.13. The molecule has 74 valence electrons. The Morgan fingerprint density at radius 1 is 1.36 bits per heavy atom. The van der Waals surface area contributed by atoms with Crippen molar-refractivity contribution in [3.05, 3.63) is 40.7 Å². The van der Waals surface area contributed by atoms with Crippen molar-refractivity contribution < 1.29 is 4.74 Å². The molecule has 0 saturated carbocycles. The van der Waals surface area contributed by atoms with Gasteiger partial charge in [-0.15, -0.1) is 0 Å². The van der Waals surface area contributed by atoms with Crippen LogP contribution in [0.4, 0.5) is 0 Å². The Bertz CT molecular complexity index is 374. The highest BCUT2D eigenvalue weighted by atomic mass is 16.5. The molecule has 0 bridgehead atoms. The van der Waals surface area contributed by atoms with Gasteiger partial charge in [0.2, 0.25) is 0 Å². The Morgan fingerprint density at radius 3 is 2.43 bits per heavy atom. The van der Waals surface area contributed by atoms with Gasteiger partial charge in [0.15, 0.2) is 0 Å². The van der Waals surface area contributed by atoms with E-state index < -0.39 is 5.54 Å². The summed E-state index contributed by atoms with van der Waals surface area (Å²) < 4.78 is 5.17. The zero-order valence-corrected chi connectivity index (χ0v) is 9.09. The number of benzene rings is 1. The summed E-state index contributed by atoms with van der Waals surface area (Å²) >= 11 is 0. The first-order valence-corrected chi connectivity index (χ1v) is 4.55. The molecule has 0 aliphatic heterocycles. The van der Waals surface area contributed by atoms with Crippen LogP contribution in [0, 0.1) is 13.5 Å². The van der Waals surface area contributed by atoms with Crippen LogP contribution in [-0.2, 0) is 5.54 Å². The minimum atomic E-state index is -0.447. The molecule has 0 aliphatic rings. The van der Waals surface area contributed by atoms with Gasteiger partial charge in [-0.05, 0) is 30.7 Å². The van der Waals surface area contributed by atoms with Crippen molar-refractivity contribution in [1.82, 2.24) is 0 Å². The van der Waals surface area contributed by atoms with Crippen molar-refractivity contribution in [1.29, 1.82) is 0 Å². The predicted molar refractivity (Wildman–Crippen MR) is 57.4 cm³/mol. The molecule has 2 heteroatoms. The summed E-state index contributed by atoms with van der Waals surface area (Å²) in [4.78, 5) is 3.60. The molecule has 0 unspecified atom stereocenters. The van der Waals surface area contributed by atoms with Crippen molar-refractivity contribution in [3.63, 3.8) is 0 Å². The van der Waals surface area contributed by atoms with Crippen LogP contribution in [0.5, 0.6) is 5.75 Å². The third-order valence-corrected chi connectivity index (χ3v) is 2.38. The van der Waals surface area contributed by atoms with Gasteiger partial charge in [-0.3, -0.25) is 0 Å². The first kappa shape index (κ1) is 10.6. The summed E-state index contributed by atoms with van der Waals surface area (Å²) in [6.45, 7) is 12.9. The van der Waals surface area contributed by atoms with Crippen molar-refractivity contribution >= 4 is 0 Å². The fourth-order valence-corrected chi connectivity index (χ4v) is 1.32. The monoisotopic (exact) mass is 189 g/mol. The Balaban J connectivity index is 3.17. The Labute approximate surface area is 85.3 Å². The molecule has 0 radical (unpaired) electrons. The van der Waals surface area contributed by atoms with Gasteiger partial charge < -0.3 is 9.58 Å². The Morgan fingerprint density at radius 2 is 2.00 bits per heavy atom. The largest absolute Gasteiger partial charge is 0.496 e. The molecule has 0 N–H and O–H groups in total. The third kappa shape index (κ3) is 1.88. The minimum absolute atomic E-state index is 0.447. The second kappa shape index (κ2) is 3.71. The molecule has 1 rings (SSSR count). The van der Waals surface area contributed by atoms with Crippen LogP contribution in [0.2, 0.25) is 0 Å². The van der Waals surface area contributed by atoms with E-state index in [2.05, 4.69) is 4.85 Å². The fraction of sp³-hybridized carbons (Fsp3) is 0.417. The summed E-state index contributed by atoms with van der Waals surface area (Å²) in [6, 6.07) is 5.87. The van der Waals surface area contributed by atoms with Crippen LogP contribution in [0.1, 0.15) is 25.0 Å². The Hall–Kier alpha value is -1.49. The smallest absolute Gasteiger partial charge is 0.252 e. The van der Waals surface area contributed by atoms with Gasteiger partial charge in [0.1, 0.15) is 5.75 Å². The van der Waals surface area contributed by atoms with E-state index >= 15 is 0 Å². The molecule has 2 nitrogen and oxygen atoms in total. The van der Waals surface area contributed by atoms with Gasteiger partial charge in [-0.2, -0.15) is 0 Å². The molecule has 1 aromatic carbocycles. The van der Waals surface area contributed by atoms with E-state index in [0.29, 0.717) is 0 Å². The maximum Gasteiger partial charge on any atom is 0.252 e. The lowest BCUT2D eigenvalue weighted by atomic mass is 9.94. The number of hydrogen-bond donors (Lipinski definition) is 0. The van der Waals surface area contributed by atoms with Crippen LogP contribution in [0.15, 0.2) is 18.2 Å². The summed E-state index contributed by atoms with van der Waals surface area (Å²) in [5.74, 6) is 0.870. The predicted octanol–water partition coefficient (Wildman–Crippen LogP) is 3.16. The number of rotatable bonds is 2. The van der Waals surface area contributed by atoms with Crippen molar-refractivity contribution in [2.75, 3.05) is 7.11 Å². The SMILES string of the molecule is [C-]#[N+]C(C)(C)c1ccc(OC)c(C)c1. The van der Waals surface area contributed by atoms with Crippen molar-refractivity contribution in [2.24, 2.45) is 0 Å². The van der Waals surface area contributed by atoms with Crippen LogP contribution in [0.3, 0.4) is 0 Å². The van der Waals surface area contributed by atoms with Gasteiger partial charge in [-0.1, -0.05) is 0 Å². The lowest BCUT2D eigenvalue weighted by Crippen LogP contribution is -2.11. The summed E-state index contributed by atoms with van der Waals surface area (Å²) in [5.41, 5.74) is 1.66. The minimum Gasteiger partial charge on any atom is -0.496 e. The van der Waals surface area contributed by atoms with E-state index in [1.54, 1.807) is 7.11 Å². The molecule has 14 heavy (non-hydrogen) atoms. The molecule has 0 saturated heterocycles. The van der Waals surface area contributed by atoms with Gasteiger partial charge in [0.05, 0.1) is 7.11 Å². The topological polar surface area (TPSA) is 13.6 Å². The van der Waals surface area contributed by atoms with E-state index in [-0.39, 0.29) is 0 Å². The summed E-state index contributed by atoms with van der Waals surface area (Å²) in [7, 11) is 1.65. The molecule has 0 amide bonds. The zero-order valence-electron chi connectivity index (χ0n) is 9.09. The molecule has 1 aromatic rings. The fourth-order valence-electron chi connectivity index (χ4n) is 1.32. The summed E-state index contributed by atoms with van der Waals surface area (Å²) in [6.07, 6.45) is 0. The second-order valence-corrected chi connectivity index (χ2v) is 3.86. The molecule has 0 aliphatic carbocycles. The van der Waals surface area contributed by atoms with Crippen LogP contribution in [0.25, 0.3) is 4.85 Å². The first-order valence-electron chi connectivity index (χ1n) is 4.55. The number of nitrogens with zero attached hydrogens (tertiary/aromatic N) is 1. The second-order valence-electron chi connectivity index (χ2n) is 3.86. The summed E-state index contributed by atoms with van der Waals surface area (Å²) in [5, 5.41) is 0. The van der Waals surface area contributed by atoms with E-state index in [4.69, 9.17) is 11.3 Å². The third-order valence-electron chi connectivity index (χ3n) is 2.38. The average molecular weight is 189 g/mol. The molecular formula is C12H15NO. The number of aryl methyl sites for hydroxylation is 1. The van der Waals surface area contributed by atoms with E-state index in [0.717, 1.165) is 16.9 Å². The van der Waals surface area contributed by atoms with Crippen LogP contribution >= 0.6 is 0 Å². The van der Waals surface area contributed by atoms with Crippen molar-refractivity contribution in [3.8, 4) is 5.75 Å². The molecule has 0 spiro atoms. The number of hydrogen-bond acceptors (Lipinski definition) is 1. The quantitative estimate of drug-likeness (QED) is 0.651. The highest BCUT2D eigenvalue weighted by Crippen LogP contribution is 2.28. The molecule has 0 fully saturated rings. The van der Waals surface area contributed by atoms with Crippen LogP contribution < -0.4 is 4.74 Å². The first-order chi connectivity index (χ1) is 6.51. The van der Waals surface area contributed by atoms with Crippen LogP contribution in [-0.4, -0.2) is 7.11 Å². The molecule has 0 atom stereocenters. The standard InChI is InChI=1S/C12H15NO/c1-9-8-10(12(2,3)13-4)6-7-11(9)14-5/h6-8H,1-3,5H3.